The third-order valence-electron chi connectivity index (χ3n) is 6.37. The van der Waals surface area contributed by atoms with Gasteiger partial charge in [-0.2, -0.15) is 0 Å². The van der Waals surface area contributed by atoms with Gasteiger partial charge in [-0.1, -0.05) is 0 Å². The van der Waals surface area contributed by atoms with Crippen LogP contribution in [0.3, 0.4) is 0 Å². The largest absolute Gasteiger partial charge is 0.487 e. The second-order valence-electron chi connectivity index (χ2n) is 8.54. The van der Waals surface area contributed by atoms with Gasteiger partial charge in [-0.3, -0.25) is 9.78 Å². The number of fused-ring (bicyclic) bond motifs is 1. The minimum atomic E-state index is -0.691. The third kappa shape index (κ3) is 4.44. The molecule has 3 heterocycles. The molecular formula is C24H24F2N4O3. The highest BCUT2D eigenvalue weighted by Crippen LogP contribution is 2.38. The Labute approximate surface area is 189 Å². The van der Waals surface area contributed by atoms with E-state index in [0.717, 1.165) is 36.0 Å². The molecule has 0 saturated heterocycles. The fraction of sp³-hybridized carbons (Fsp3) is 0.417. The highest BCUT2D eigenvalue weighted by Gasteiger charge is 2.31. The van der Waals surface area contributed by atoms with Crippen LogP contribution in [0.1, 0.15) is 55.6 Å². The number of aromatic nitrogens is 3. The van der Waals surface area contributed by atoms with E-state index in [0.29, 0.717) is 43.9 Å². The Morgan fingerprint density at radius 1 is 1.15 bits per heavy atom. The Morgan fingerprint density at radius 3 is 2.67 bits per heavy atom. The van der Waals surface area contributed by atoms with Crippen LogP contribution in [0, 0.1) is 11.6 Å². The number of oxazole rings is 1. The Morgan fingerprint density at radius 2 is 1.97 bits per heavy atom. The van der Waals surface area contributed by atoms with Gasteiger partial charge in [0, 0.05) is 31.9 Å². The van der Waals surface area contributed by atoms with Crippen molar-refractivity contribution in [1.29, 1.82) is 0 Å². The summed E-state index contributed by atoms with van der Waals surface area (Å²) in [6.45, 7) is 2.61. The zero-order valence-electron chi connectivity index (χ0n) is 18.3. The lowest BCUT2D eigenvalue weighted by Gasteiger charge is -2.31. The second-order valence-corrected chi connectivity index (χ2v) is 8.54. The van der Waals surface area contributed by atoms with E-state index in [1.54, 1.807) is 18.0 Å². The molecule has 0 radical (unpaired) electrons. The summed E-state index contributed by atoms with van der Waals surface area (Å²) in [5.41, 5.74) is 3.14. The van der Waals surface area contributed by atoms with Crippen molar-refractivity contribution in [2.45, 2.75) is 57.6 Å². The number of hydrogen-bond donors (Lipinski definition) is 0. The molecule has 1 aliphatic carbocycles. The fourth-order valence-electron chi connectivity index (χ4n) is 4.60. The van der Waals surface area contributed by atoms with E-state index in [2.05, 4.69) is 4.98 Å². The molecule has 0 N–H and O–H groups in total. The molecule has 2 aliphatic rings. The highest BCUT2D eigenvalue weighted by atomic mass is 19.1. The zero-order chi connectivity index (χ0) is 22.9. The number of benzene rings is 1. The number of amides is 1. The Kier molecular flexibility index (Phi) is 5.78. The van der Waals surface area contributed by atoms with Crippen molar-refractivity contribution in [1.82, 2.24) is 19.9 Å². The molecule has 1 fully saturated rings. The minimum absolute atomic E-state index is 0.0140. The summed E-state index contributed by atoms with van der Waals surface area (Å²) in [6.07, 6.45) is 6.58. The van der Waals surface area contributed by atoms with Crippen molar-refractivity contribution < 1.29 is 22.7 Å². The van der Waals surface area contributed by atoms with Crippen molar-refractivity contribution in [3.63, 3.8) is 0 Å². The van der Waals surface area contributed by atoms with Crippen molar-refractivity contribution in [3.05, 3.63) is 59.4 Å². The van der Waals surface area contributed by atoms with E-state index in [-0.39, 0.29) is 23.7 Å². The van der Waals surface area contributed by atoms with E-state index in [9.17, 15) is 13.6 Å². The van der Waals surface area contributed by atoms with Gasteiger partial charge in [0.15, 0.2) is 11.6 Å². The predicted octanol–water partition coefficient (Wildman–Crippen LogP) is 4.42. The van der Waals surface area contributed by atoms with E-state index in [4.69, 9.17) is 19.1 Å². The van der Waals surface area contributed by atoms with E-state index in [1.165, 1.54) is 18.4 Å². The summed E-state index contributed by atoms with van der Waals surface area (Å²) in [7, 11) is 0. The standard InChI is InChI=1S/C24H24F2N4O3/c1-14(31)30-10-8-19-20(13-30)29-23(24-27-9-11-32-24)22(28-19)15-2-5-17(6-3-15)33-21-7-4-16(25)12-18(21)26/h4,7,9,11-12,15,17H,2-3,5-6,8,10,13H2,1H3. The van der Waals surface area contributed by atoms with Gasteiger partial charge in [-0.15, -0.1) is 0 Å². The maximum absolute atomic E-state index is 14.0. The third-order valence-corrected chi connectivity index (χ3v) is 6.37. The predicted molar refractivity (Wildman–Crippen MR) is 114 cm³/mol. The van der Waals surface area contributed by atoms with Gasteiger partial charge in [-0.05, 0) is 37.8 Å². The van der Waals surface area contributed by atoms with E-state index < -0.39 is 11.6 Å². The SMILES string of the molecule is CC(=O)N1CCc2nc(C3CCC(Oc4ccc(F)cc4F)CC3)c(-c3ncco3)nc2C1. The molecule has 172 valence electrons. The Balaban J connectivity index is 1.36. The van der Waals surface area contributed by atoms with E-state index in [1.807, 2.05) is 0 Å². The summed E-state index contributed by atoms with van der Waals surface area (Å²) in [5.74, 6) is -0.687. The quantitative estimate of drug-likeness (QED) is 0.581. The summed E-state index contributed by atoms with van der Waals surface area (Å²) < 4.78 is 38.5. The number of halogens is 2. The Bertz CT molecular complexity index is 1160. The van der Waals surface area contributed by atoms with Crippen LogP contribution in [-0.2, 0) is 17.8 Å². The number of nitrogens with zero attached hydrogens (tertiary/aromatic N) is 4. The Hall–Kier alpha value is -3.36. The summed E-state index contributed by atoms with van der Waals surface area (Å²) in [5, 5.41) is 0. The first-order valence-electron chi connectivity index (χ1n) is 11.1. The van der Waals surface area contributed by atoms with Crippen LogP contribution in [0.25, 0.3) is 11.6 Å². The summed E-state index contributed by atoms with van der Waals surface area (Å²) in [6, 6.07) is 3.36. The van der Waals surface area contributed by atoms with Gasteiger partial charge in [-0.25, -0.2) is 18.7 Å². The molecule has 3 aromatic rings. The van der Waals surface area contributed by atoms with Crippen LogP contribution in [0.4, 0.5) is 8.78 Å². The lowest BCUT2D eigenvalue weighted by molar-refractivity contribution is -0.129. The summed E-state index contributed by atoms with van der Waals surface area (Å²) in [4.78, 5) is 27.7. The molecule has 1 aromatic carbocycles. The molecule has 1 amide bonds. The van der Waals surface area contributed by atoms with Gasteiger partial charge in [0.2, 0.25) is 11.8 Å². The molecule has 2 aromatic heterocycles. The molecule has 7 nitrogen and oxygen atoms in total. The van der Waals surface area contributed by atoms with Gasteiger partial charge >= 0.3 is 0 Å². The lowest BCUT2D eigenvalue weighted by atomic mass is 9.84. The maximum atomic E-state index is 14.0. The molecule has 33 heavy (non-hydrogen) atoms. The molecule has 0 atom stereocenters. The molecule has 1 saturated carbocycles. The number of hydrogen-bond acceptors (Lipinski definition) is 6. The normalized spacial score (nSPS) is 20.4. The topological polar surface area (TPSA) is 81.4 Å². The van der Waals surface area contributed by atoms with Crippen LogP contribution in [-0.4, -0.2) is 38.4 Å². The average Bonchev–Trinajstić information content (AvgIpc) is 3.35. The smallest absolute Gasteiger partial charge is 0.246 e. The van der Waals surface area contributed by atoms with Crippen molar-refractivity contribution >= 4 is 5.91 Å². The van der Waals surface area contributed by atoms with Crippen LogP contribution in [0.5, 0.6) is 5.75 Å². The van der Waals surface area contributed by atoms with Gasteiger partial charge in [0.25, 0.3) is 0 Å². The number of ether oxygens (including phenoxy) is 1. The number of carbonyl (C=O) groups is 1. The monoisotopic (exact) mass is 454 g/mol. The first-order chi connectivity index (χ1) is 16.0. The summed E-state index contributed by atoms with van der Waals surface area (Å²) >= 11 is 0. The van der Waals surface area contributed by atoms with Crippen LogP contribution in [0.15, 0.2) is 35.1 Å². The van der Waals surface area contributed by atoms with Gasteiger partial charge < -0.3 is 14.1 Å². The van der Waals surface area contributed by atoms with Crippen LogP contribution in [0.2, 0.25) is 0 Å². The fourth-order valence-corrected chi connectivity index (χ4v) is 4.60. The van der Waals surface area contributed by atoms with Gasteiger partial charge in [0.1, 0.15) is 17.8 Å². The highest BCUT2D eigenvalue weighted by molar-refractivity contribution is 5.73. The van der Waals surface area contributed by atoms with Crippen molar-refractivity contribution in [2.24, 2.45) is 0 Å². The van der Waals surface area contributed by atoms with E-state index >= 15 is 0 Å². The number of carbonyl (C=O) groups excluding carboxylic acids is 1. The van der Waals surface area contributed by atoms with Crippen molar-refractivity contribution in [2.75, 3.05) is 6.54 Å². The maximum Gasteiger partial charge on any atom is 0.246 e. The molecule has 0 spiro atoms. The van der Waals surface area contributed by atoms with Gasteiger partial charge in [0.05, 0.1) is 35.9 Å². The molecular weight excluding hydrogens is 430 g/mol. The molecule has 9 heteroatoms. The first-order valence-corrected chi connectivity index (χ1v) is 11.1. The minimum Gasteiger partial charge on any atom is -0.487 e. The molecule has 1 aliphatic heterocycles. The zero-order valence-corrected chi connectivity index (χ0v) is 18.3. The average molecular weight is 454 g/mol. The van der Waals surface area contributed by atoms with Crippen molar-refractivity contribution in [3.8, 4) is 17.3 Å². The molecule has 5 rings (SSSR count). The van der Waals surface area contributed by atoms with Crippen LogP contribution < -0.4 is 4.74 Å². The number of rotatable bonds is 4. The first kappa shape index (κ1) is 21.5. The lowest BCUT2D eigenvalue weighted by Crippen LogP contribution is -2.35. The van der Waals surface area contributed by atoms with Crippen LogP contribution >= 0.6 is 0 Å². The molecule has 0 unspecified atom stereocenters. The second kappa shape index (κ2) is 8.88. The molecule has 0 bridgehead atoms.